The molecular weight excluding hydrogens is 1160 g/mol. The van der Waals surface area contributed by atoms with E-state index in [1.807, 2.05) is 22.7 Å². The molecule has 492 valence electrons. The van der Waals surface area contributed by atoms with Crippen LogP contribution in [0.5, 0.6) is 0 Å². The van der Waals surface area contributed by atoms with E-state index in [-0.39, 0.29) is 22.8 Å². The number of thiophene rings is 4. The Morgan fingerprint density at radius 3 is 1.44 bits per heavy atom. The number of benzene rings is 1. The smallest absolute Gasteiger partial charge is 0.260 e. The maximum Gasteiger partial charge on any atom is 0.260 e. The van der Waals surface area contributed by atoms with E-state index in [0.717, 1.165) is 87.9 Å². The molecule has 2 N–H and O–H groups in total. The summed E-state index contributed by atoms with van der Waals surface area (Å²) in [6.45, 7) is 17.4. The van der Waals surface area contributed by atoms with E-state index in [0.29, 0.717) is 11.8 Å². The van der Waals surface area contributed by atoms with Crippen LogP contribution in [-0.4, -0.2) is 24.9 Å². The Labute approximate surface area is 558 Å². The van der Waals surface area contributed by atoms with Crippen LogP contribution in [0.3, 0.4) is 0 Å². The number of fused-ring (bicyclic) bond motifs is 3. The van der Waals surface area contributed by atoms with Gasteiger partial charge in [0.15, 0.2) is 0 Å². The van der Waals surface area contributed by atoms with E-state index >= 15 is 9.59 Å². The summed E-state index contributed by atoms with van der Waals surface area (Å²) in [5.41, 5.74) is 9.90. The van der Waals surface area contributed by atoms with Gasteiger partial charge in [-0.3, -0.25) is 9.59 Å². The number of amides is 2. The van der Waals surface area contributed by atoms with Crippen molar-refractivity contribution >= 4 is 79.7 Å². The van der Waals surface area contributed by atoms with E-state index in [1.54, 1.807) is 22.7 Å². The molecule has 0 saturated carbocycles. The lowest BCUT2D eigenvalue weighted by atomic mass is 9.85. The van der Waals surface area contributed by atoms with E-state index in [2.05, 4.69) is 119 Å². The molecule has 4 bridgehead atoms. The third-order valence-corrected chi connectivity index (χ3v) is 25.8. The molecule has 0 saturated heterocycles. The average molecular weight is 1290 g/mol. The molecule has 1 aromatic carbocycles. The van der Waals surface area contributed by atoms with Crippen molar-refractivity contribution in [3.8, 4) is 19.5 Å². The van der Waals surface area contributed by atoms with Gasteiger partial charge in [0.05, 0.1) is 22.5 Å². The maximum absolute atomic E-state index is 16.0. The Morgan fingerprint density at radius 1 is 0.483 bits per heavy atom. The summed E-state index contributed by atoms with van der Waals surface area (Å²) in [6.07, 6.45) is 53.2. The highest BCUT2D eigenvalue weighted by atomic mass is 32.1. The molecule has 5 nitrogen and oxygen atoms in total. The highest BCUT2D eigenvalue weighted by Gasteiger charge is 2.39. The summed E-state index contributed by atoms with van der Waals surface area (Å²) in [6, 6.07) is 22.7. The van der Waals surface area contributed by atoms with Gasteiger partial charge in [-0.1, -0.05) is 266 Å². The Bertz CT molecular complexity index is 3020. The van der Waals surface area contributed by atoms with Crippen LogP contribution in [0, 0.1) is 11.8 Å². The number of hydrogen-bond donors (Lipinski definition) is 1. The fourth-order valence-corrected chi connectivity index (χ4v) is 19.1. The van der Waals surface area contributed by atoms with Gasteiger partial charge in [0, 0.05) is 68.1 Å². The summed E-state index contributed by atoms with van der Waals surface area (Å²) < 4.78 is 0. The molecule has 2 amide bonds. The number of anilines is 2. The Kier molecular flexibility index (Phi) is 30.1. The van der Waals surface area contributed by atoms with Crippen LogP contribution in [0.15, 0.2) is 60.7 Å². The average Bonchev–Trinajstić information content (AvgIpc) is 1.59. The first-order chi connectivity index (χ1) is 43.3. The quantitative estimate of drug-likeness (QED) is 0.0403. The topological polar surface area (TPSA) is 66.6 Å². The van der Waals surface area contributed by atoms with Gasteiger partial charge in [-0.15, -0.1) is 45.3 Å². The molecule has 0 radical (unpaired) electrons. The third kappa shape index (κ3) is 21.3. The summed E-state index contributed by atoms with van der Waals surface area (Å²) in [7, 11) is 0. The van der Waals surface area contributed by atoms with Crippen LogP contribution >= 0.6 is 45.3 Å². The van der Waals surface area contributed by atoms with Gasteiger partial charge in [0.1, 0.15) is 0 Å². The molecule has 0 spiro atoms. The standard InChI is InChI=1S/C80H121N3O2S4/c1-8-11-14-17-20-23-25-30-35-40-45-61-46-42-37-32-27-28-33-38-43-56-79(4,5)73-54-53-72(89-73)76-64-58-65-63(75(77(84)82(65)59-61)71-51-50-68(87-71)67-48-49-69(86-67)70-52-55-74(88-70)80(6,7)81)57-66(64)83(78(76)85)60-62(44-39-34-29-22-19-16-13-10-3)47-41-36-31-26-24-21-18-15-12-9-2/h48-55,57-58,61-62H,8-47,56,59-60,81H2,1-7H3. The fourth-order valence-electron chi connectivity index (χ4n) is 14.6. The second-order valence-corrected chi connectivity index (χ2v) is 33.4. The van der Waals surface area contributed by atoms with Crippen LogP contribution in [0.4, 0.5) is 11.4 Å². The van der Waals surface area contributed by atoms with Gasteiger partial charge < -0.3 is 15.5 Å². The van der Waals surface area contributed by atoms with Crippen molar-refractivity contribution in [2.45, 2.75) is 323 Å². The van der Waals surface area contributed by atoms with Crippen molar-refractivity contribution in [2.75, 3.05) is 22.9 Å². The lowest BCUT2D eigenvalue weighted by molar-refractivity contribution is -0.114. The van der Waals surface area contributed by atoms with Crippen LogP contribution in [-0.2, 0) is 20.5 Å². The van der Waals surface area contributed by atoms with Gasteiger partial charge in [-0.25, -0.2) is 0 Å². The zero-order chi connectivity index (χ0) is 62.9. The first-order valence-corrected chi connectivity index (χ1v) is 40.3. The molecule has 89 heavy (non-hydrogen) atoms. The molecule has 7 heterocycles. The van der Waals surface area contributed by atoms with Gasteiger partial charge in [-0.05, 0) is 124 Å². The Balaban J connectivity index is 1.17. The molecule has 0 fully saturated rings. The third-order valence-electron chi connectivity index (χ3n) is 20.3. The molecule has 5 aromatic rings. The molecule has 0 aliphatic carbocycles. The van der Waals surface area contributed by atoms with E-state index in [4.69, 9.17) is 5.73 Å². The number of nitrogens with two attached hydrogens (primary N) is 1. The fraction of sp³-hybridized carbons (Fsp3) is 0.675. The van der Waals surface area contributed by atoms with E-state index < -0.39 is 0 Å². The second-order valence-electron chi connectivity index (χ2n) is 29.0. The highest BCUT2D eigenvalue weighted by Crippen LogP contribution is 2.44. The van der Waals surface area contributed by atoms with Crippen LogP contribution in [0.1, 0.15) is 331 Å². The number of carbonyl (C=O) groups excluding carboxylic acids is 2. The number of unbranched alkanes of at least 4 members (excludes halogenated alkanes) is 25. The molecule has 9 heteroatoms. The predicted molar refractivity (Wildman–Crippen MR) is 394 cm³/mol. The Hall–Kier alpha value is -3.34. The predicted octanol–water partition coefficient (Wildman–Crippen LogP) is 24.1. The maximum atomic E-state index is 16.0. The SMILES string of the molecule is CCCCCCCCCCCCC1CCCCCCCCCCC(C)(C)c2ccc(s2)C2=c3cc4c(cc3N(CC(CCCCCCCCCC)CCCCCCCCCCCC)C2=O)=C(c2ccc(-c3ccc(-c5ccc(C(C)(C)N)s5)s3)s2)C(=O)N4C1. The normalized spacial score (nSPS) is 17.1. The van der Waals surface area contributed by atoms with Crippen LogP contribution in [0.2, 0.25) is 0 Å². The van der Waals surface area contributed by atoms with Crippen molar-refractivity contribution in [1.82, 2.24) is 0 Å². The molecule has 3 aliphatic rings. The van der Waals surface area contributed by atoms with Crippen molar-refractivity contribution in [3.05, 3.63) is 90.6 Å². The van der Waals surface area contributed by atoms with E-state index in [1.165, 1.54) is 260 Å². The first kappa shape index (κ1) is 71.5. The minimum atomic E-state index is -0.380. The summed E-state index contributed by atoms with van der Waals surface area (Å²) in [5.74, 6) is 1.14. The zero-order valence-corrected chi connectivity index (χ0v) is 60.5. The lowest BCUT2D eigenvalue weighted by Gasteiger charge is -2.27. The highest BCUT2D eigenvalue weighted by molar-refractivity contribution is 7.26. The number of rotatable bonds is 37. The number of carbonyl (C=O) groups is 2. The minimum Gasteiger partial charge on any atom is -0.321 e. The van der Waals surface area contributed by atoms with Gasteiger partial charge in [0.25, 0.3) is 11.8 Å². The largest absolute Gasteiger partial charge is 0.321 e. The van der Waals surface area contributed by atoms with Gasteiger partial charge in [-0.2, -0.15) is 0 Å². The van der Waals surface area contributed by atoms with E-state index in [9.17, 15) is 0 Å². The molecule has 8 rings (SSSR count). The molecule has 3 aliphatic heterocycles. The first-order valence-electron chi connectivity index (χ1n) is 37.1. The number of nitrogens with zero attached hydrogens (tertiary/aromatic N) is 2. The summed E-state index contributed by atoms with van der Waals surface area (Å²) in [4.78, 5) is 46.0. The summed E-state index contributed by atoms with van der Waals surface area (Å²) in [5, 5.41) is 2.05. The van der Waals surface area contributed by atoms with Crippen molar-refractivity contribution in [3.63, 3.8) is 0 Å². The minimum absolute atomic E-state index is 0.0240. The molecular formula is C80H121N3O2S4. The van der Waals surface area contributed by atoms with Crippen LogP contribution in [0.25, 0.3) is 30.7 Å². The lowest BCUT2D eigenvalue weighted by Crippen LogP contribution is -2.35. The number of hydrogen-bond acceptors (Lipinski definition) is 7. The van der Waals surface area contributed by atoms with Crippen molar-refractivity contribution in [2.24, 2.45) is 17.6 Å². The molecule has 2 atom stereocenters. The molecule has 4 aromatic heterocycles. The second kappa shape index (κ2) is 37.5. The van der Waals surface area contributed by atoms with Crippen molar-refractivity contribution < 1.29 is 9.59 Å². The summed E-state index contributed by atoms with van der Waals surface area (Å²) >= 11 is 7.23. The monoisotopic (exact) mass is 1280 g/mol. The Morgan fingerprint density at radius 2 is 0.899 bits per heavy atom. The molecule has 2 unspecified atom stereocenters. The van der Waals surface area contributed by atoms with Crippen molar-refractivity contribution in [1.29, 1.82) is 0 Å². The van der Waals surface area contributed by atoms with Crippen LogP contribution < -0.4 is 26.0 Å². The van der Waals surface area contributed by atoms with Gasteiger partial charge in [0.2, 0.25) is 0 Å². The zero-order valence-electron chi connectivity index (χ0n) is 57.3. The van der Waals surface area contributed by atoms with Gasteiger partial charge >= 0.3 is 0 Å².